The summed E-state index contributed by atoms with van der Waals surface area (Å²) in [6.07, 6.45) is 1.96. The van der Waals surface area contributed by atoms with Crippen LogP contribution in [0.15, 0.2) is 48.5 Å². The van der Waals surface area contributed by atoms with Crippen molar-refractivity contribution in [2.75, 3.05) is 13.1 Å². The zero-order valence-electron chi connectivity index (χ0n) is 14.5. The van der Waals surface area contributed by atoms with Crippen LogP contribution >= 0.6 is 12.4 Å². The van der Waals surface area contributed by atoms with Crippen molar-refractivity contribution in [3.8, 4) is 5.75 Å². The fraction of sp³-hybridized carbons (Fsp3) is 0.350. The molecule has 1 heterocycles. The second-order valence-electron chi connectivity index (χ2n) is 6.30. The Morgan fingerprint density at radius 3 is 2.68 bits per heavy atom. The smallest absolute Gasteiger partial charge is 0.251 e. The van der Waals surface area contributed by atoms with Gasteiger partial charge in [-0.1, -0.05) is 35.9 Å². The van der Waals surface area contributed by atoms with Gasteiger partial charge in [-0.2, -0.15) is 0 Å². The maximum atomic E-state index is 12.4. The molecule has 5 heteroatoms. The molecule has 0 atom stereocenters. The molecule has 3 rings (SSSR count). The van der Waals surface area contributed by atoms with E-state index in [2.05, 4.69) is 29.7 Å². The largest absolute Gasteiger partial charge is 0.489 e. The third kappa shape index (κ3) is 5.76. The van der Waals surface area contributed by atoms with Crippen LogP contribution in [0.3, 0.4) is 0 Å². The summed E-state index contributed by atoms with van der Waals surface area (Å²) in [6.45, 7) is 4.49. The average Bonchev–Trinajstić information content (AvgIpc) is 2.61. The fourth-order valence-electron chi connectivity index (χ4n) is 2.93. The Balaban J connectivity index is 0.00000225. The van der Waals surface area contributed by atoms with Gasteiger partial charge in [-0.05, 0) is 56.6 Å². The van der Waals surface area contributed by atoms with Crippen molar-refractivity contribution in [3.05, 3.63) is 65.2 Å². The minimum absolute atomic E-state index is 0. The molecule has 0 radical (unpaired) electrons. The molecule has 2 aromatic carbocycles. The third-order valence-corrected chi connectivity index (χ3v) is 4.26. The van der Waals surface area contributed by atoms with E-state index in [1.54, 1.807) is 0 Å². The van der Waals surface area contributed by atoms with E-state index < -0.39 is 0 Å². The molecule has 2 aromatic rings. The molecule has 2 N–H and O–H groups in total. The lowest BCUT2D eigenvalue weighted by Crippen LogP contribution is -2.42. The number of rotatable bonds is 5. The Bertz CT molecular complexity index is 700. The Hall–Kier alpha value is -2.04. The molecule has 0 aliphatic carbocycles. The molecule has 1 fully saturated rings. The molecule has 1 aliphatic rings. The van der Waals surface area contributed by atoms with Crippen molar-refractivity contribution in [1.29, 1.82) is 0 Å². The summed E-state index contributed by atoms with van der Waals surface area (Å²) in [4.78, 5) is 12.4. The first-order valence-electron chi connectivity index (χ1n) is 8.51. The summed E-state index contributed by atoms with van der Waals surface area (Å²) in [5.41, 5.74) is 2.99. The topological polar surface area (TPSA) is 50.4 Å². The van der Waals surface area contributed by atoms with Crippen molar-refractivity contribution in [2.45, 2.75) is 32.4 Å². The first-order chi connectivity index (χ1) is 11.7. The molecule has 0 spiro atoms. The Kier molecular flexibility index (Phi) is 7.29. The number of nitrogens with one attached hydrogen (secondary N) is 2. The van der Waals surface area contributed by atoms with E-state index in [-0.39, 0.29) is 24.4 Å². The zero-order valence-corrected chi connectivity index (χ0v) is 15.3. The standard InChI is InChI=1S/C20H24N2O2.ClH/c1-15-4-2-5-16(12-15)14-24-19-7-3-6-17(13-19)20(23)22-18-8-10-21-11-9-18;/h2-7,12-13,18,21H,8-11,14H2,1H3,(H,22,23);1H. The summed E-state index contributed by atoms with van der Waals surface area (Å²) >= 11 is 0. The first-order valence-corrected chi connectivity index (χ1v) is 8.51. The van der Waals surface area contributed by atoms with Gasteiger partial charge < -0.3 is 15.4 Å². The van der Waals surface area contributed by atoms with Crippen LogP contribution < -0.4 is 15.4 Å². The Morgan fingerprint density at radius 1 is 1.16 bits per heavy atom. The second-order valence-corrected chi connectivity index (χ2v) is 6.30. The van der Waals surface area contributed by atoms with E-state index in [1.165, 1.54) is 5.56 Å². The summed E-state index contributed by atoms with van der Waals surface area (Å²) < 4.78 is 5.84. The van der Waals surface area contributed by atoms with Crippen molar-refractivity contribution < 1.29 is 9.53 Å². The van der Waals surface area contributed by atoms with Gasteiger partial charge in [0.25, 0.3) is 5.91 Å². The number of carbonyl (C=O) groups excluding carboxylic acids is 1. The highest BCUT2D eigenvalue weighted by atomic mass is 35.5. The molecular weight excluding hydrogens is 336 g/mol. The lowest BCUT2D eigenvalue weighted by molar-refractivity contribution is 0.0929. The number of hydrogen-bond acceptors (Lipinski definition) is 3. The monoisotopic (exact) mass is 360 g/mol. The minimum Gasteiger partial charge on any atom is -0.489 e. The highest BCUT2D eigenvalue weighted by Crippen LogP contribution is 2.16. The average molecular weight is 361 g/mol. The SMILES string of the molecule is Cc1cccc(COc2cccc(C(=O)NC3CCNCC3)c2)c1.Cl. The minimum atomic E-state index is -0.0251. The van der Waals surface area contributed by atoms with E-state index in [1.807, 2.05) is 36.4 Å². The van der Waals surface area contributed by atoms with E-state index in [0.717, 1.165) is 37.2 Å². The van der Waals surface area contributed by atoms with Gasteiger partial charge >= 0.3 is 0 Å². The Labute approximate surface area is 155 Å². The van der Waals surface area contributed by atoms with Gasteiger partial charge in [-0.15, -0.1) is 12.4 Å². The number of hydrogen-bond donors (Lipinski definition) is 2. The van der Waals surface area contributed by atoms with Crippen molar-refractivity contribution in [2.24, 2.45) is 0 Å². The van der Waals surface area contributed by atoms with Crippen molar-refractivity contribution in [3.63, 3.8) is 0 Å². The number of halogens is 1. The molecular formula is C20H25ClN2O2. The van der Waals surface area contributed by atoms with Gasteiger partial charge in [0.1, 0.15) is 12.4 Å². The van der Waals surface area contributed by atoms with E-state index in [0.29, 0.717) is 12.2 Å². The molecule has 0 bridgehead atoms. The third-order valence-electron chi connectivity index (χ3n) is 4.26. The number of benzene rings is 2. The maximum absolute atomic E-state index is 12.4. The van der Waals surface area contributed by atoms with Crippen LogP contribution in [0.2, 0.25) is 0 Å². The normalized spacial score (nSPS) is 14.4. The number of piperidine rings is 1. The number of ether oxygens (including phenoxy) is 1. The molecule has 0 aromatic heterocycles. The first kappa shape index (κ1) is 19.3. The van der Waals surface area contributed by atoms with Crippen LogP contribution in [0, 0.1) is 6.92 Å². The molecule has 1 aliphatic heterocycles. The second kappa shape index (κ2) is 9.44. The highest BCUT2D eigenvalue weighted by molar-refractivity contribution is 5.94. The zero-order chi connectivity index (χ0) is 16.8. The molecule has 0 saturated carbocycles. The van der Waals surface area contributed by atoms with E-state index >= 15 is 0 Å². The fourth-order valence-corrected chi connectivity index (χ4v) is 2.93. The van der Waals surface area contributed by atoms with E-state index in [4.69, 9.17) is 4.74 Å². The van der Waals surface area contributed by atoms with Crippen LogP contribution in [0.25, 0.3) is 0 Å². The summed E-state index contributed by atoms with van der Waals surface area (Å²) in [5.74, 6) is 0.692. The molecule has 0 unspecified atom stereocenters. The lowest BCUT2D eigenvalue weighted by Gasteiger charge is -2.23. The predicted molar refractivity (Wildman–Crippen MR) is 103 cm³/mol. The van der Waals surface area contributed by atoms with Crippen LogP contribution in [0.5, 0.6) is 5.75 Å². The van der Waals surface area contributed by atoms with Crippen molar-refractivity contribution in [1.82, 2.24) is 10.6 Å². The maximum Gasteiger partial charge on any atom is 0.251 e. The molecule has 4 nitrogen and oxygen atoms in total. The van der Waals surface area contributed by atoms with Gasteiger partial charge in [-0.3, -0.25) is 4.79 Å². The quantitative estimate of drug-likeness (QED) is 0.858. The summed E-state index contributed by atoms with van der Waals surface area (Å²) in [6, 6.07) is 15.9. The molecule has 1 saturated heterocycles. The van der Waals surface area contributed by atoms with Gasteiger partial charge in [0.05, 0.1) is 0 Å². The van der Waals surface area contributed by atoms with Gasteiger partial charge in [0.15, 0.2) is 0 Å². The predicted octanol–water partition coefficient (Wildman–Crippen LogP) is 3.48. The molecule has 1 amide bonds. The lowest BCUT2D eigenvalue weighted by atomic mass is 10.1. The molecule has 134 valence electrons. The summed E-state index contributed by atoms with van der Waals surface area (Å²) in [7, 11) is 0. The van der Waals surface area contributed by atoms with Crippen LogP contribution in [0.1, 0.15) is 34.3 Å². The van der Waals surface area contributed by atoms with Crippen LogP contribution in [-0.2, 0) is 6.61 Å². The number of aryl methyl sites for hydroxylation is 1. The van der Waals surface area contributed by atoms with Crippen molar-refractivity contribution >= 4 is 18.3 Å². The number of amides is 1. The Morgan fingerprint density at radius 2 is 1.92 bits per heavy atom. The van der Waals surface area contributed by atoms with Gasteiger partial charge in [-0.25, -0.2) is 0 Å². The summed E-state index contributed by atoms with van der Waals surface area (Å²) in [5, 5.41) is 6.41. The van der Waals surface area contributed by atoms with E-state index in [9.17, 15) is 4.79 Å². The van der Waals surface area contributed by atoms with Crippen LogP contribution in [0.4, 0.5) is 0 Å². The van der Waals surface area contributed by atoms with Gasteiger partial charge in [0, 0.05) is 11.6 Å². The molecule has 25 heavy (non-hydrogen) atoms. The van der Waals surface area contributed by atoms with Gasteiger partial charge in [0.2, 0.25) is 0 Å². The highest BCUT2D eigenvalue weighted by Gasteiger charge is 2.16. The van der Waals surface area contributed by atoms with Crippen LogP contribution in [-0.4, -0.2) is 25.0 Å². The number of carbonyl (C=O) groups is 1.